The zero-order valence-corrected chi connectivity index (χ0v) is 13.0. The molecule has 3 N–H and O–H groups in total. The Balaban J connectivity index is 1.58. The summed E-state index contributed by atoms with van der Waals surface area (Å²) in [6, 6.07) is 8.18. The molecule has 1 aromatic heterocycles. The van der Waals surface area contributed by atoms with Gasteiger partial charge in [-0.1, -0.05) is 18.2 Å². The van der Waals surface area contributed by atoms with Gasteiger partial charge < -0.3 is 9.88 Å². The highest BCUT2D eigenvalue weighted by Crippen LogP contribution is 2.27. The lowest BCUT2D eigenvalue weighted by Gasteiger charge is -2.27. The molecule has 0 unspecified atom stereocenters. The summed E-state index contributed by atoms with van der Waals surface area (Å²) in [5.41, 5.74) is 5.18. The van der Waals surface area contributed by atoms with Crippen LogP contribution in [-0.4, -0.2) is 33.5 Å². The smallest absolute Gasteiger partial charge is 0.243 e. The average molecular weight is 315 g/mol. The van der Waals surface area contributed by atoms with Gasteiger partial charge in [-0.25, -0.2) is 5.48 Å². The van der Waals surface area contributed by atoms with E-state index in [2.05, 4.69) is 17.1 Å². The predicted octanol–water partition coefficient (Wildman–Crippen LogP) is 2.12. The van der Waals surface area contributed by atoms with Gasteiger partial charge in [-0.3, -0.25) is 14.8 Å². The summed E-state index contributed by atoms with van der Waals surface area (Å²) >= 11 is 0. The third-order valence-electron chi connectivity index (χ3n) is 4.40. The first-order valence-corrected chi connectivity index (χ1v) is 7.98. The van der Waals surface area contributed by atoms with Gasteiger partial charge in [0.1, 0.15) is 0 Å². The van der Waals surface area contributed by atoms with Crippen molar-refractivity contribution in [1.29, 1.82) is 0 Å². The molecule has 0 fully saturated rings. The summed E-state index contributed by atoms with van der Waals surface area (Å²) in [6.07, 6.45) is 2.79. The lowest BCUT2D eigenvalue weighted by molar-refractivity contribution is -0.133. The number of amides is 2. The normalized spacial score (nSPS) is 13.9. The molecule has 0 aliphatic carbocycles. The number of carbonyl (C=O) groups is 2. The number of nitrogens with one attached hydrogen (secondary N) is 2. The molecule has 0 saturated carbocycles. The molecule has 0 saturated heterocycles. The molecular formula is C17H21N3O3. The third-order valence-corrected chi connectivity index (χ3v) is 4.40. The van der Waals surface area contributed by atoms with Crippen LogP contribution in [0.4, 0.5) is 0 Å². The van der Waals surface area contributed by atoms with E-state index in [9.17, 15) is 9.59 Å². The zero-order valence-electron chi connectivity index (χ0n) is 13.0. The first-order valence-electron chi connectivity index (χ1n) is 7.98. The van der Waals surface area contributed by atoms with E-state index in [-0.39, 0.29) is 12.3 Å². The number of fused-ring (bicyclic) bond motifs is 3. The summed E-state index contributed by atoms with van der Waals surface area (Å²) in [7, 11) is 0. The van der Waals surface area contributed by atoms with E-state index < -0.39 is 5.91 Å². The SMILES string of the molecule is O=C(CCCCC(=O)N1CCc2[nH]c3ccccc3c2C1)NO. The minimum atomic E-state index is -0.404. The highest BCUT2D eigenvalue weighted by molar-refractivity contribution is 5.86. The van der Waals surface area contributed by atoms with Crippen molar-refractivity contribution in [1.82, 2.24) is 15.4 Å². The van der Waals surface area contributed by atoms with Crippen molar-refractivity contribution in [3.8, 4) is 0 Å². The molecule has 0 bridgehead atoms. The van der Waals surface area contributed by atoms with Crippen molar-refractivity contribution in [3.63, 3.8) is 0 Å². The lowest BCUT2D eigenvalue weighted by atomic mass is 10.0. The van der Waals surface area contributed by atoms with E-state index in [1.54, 1.807) is 5.48 Å². The number of H-pyrrole nitrogens is 1. The molecule has 2 heterocycles. The molecule has 1 aromatic carbocycles. The third kappa shape index (κ3) is 3.37. The Labute approximate surface area is 134 Å². The first kappa shape index (κ1) is 15.6. The molecule has 2 amide bonds. The van der Waals surface area contributed by atoms with Crippen molar-refractivity contribution >= 4 is 22.7 Å². The fourth-order valence-corrected chi connectivity index (χ4v) is 3.16. The molecule has 122 valence electrons. The quantitative estimate of drug-likeness (QED) is 0.449. The molecule has 2 aromatic rings. The second kappa shape index (κ2) is 6.83. The van der Waals surface area contributed by atoms with Crippen LogP contribution in [0.2, 0.25) is 0 Å². The number of rotatable bonds is 5. The molecule has 6 nitrogen and oxygen atoms in total. The number of benzene rings is 1. The van der Waals surface area contributed by atoms with Gasteiger partial charge in [0.05, 0.1) is 0 Å². The van der Waals surface area contributed by atoms with Crippen LogP contribution in [0.3, 0.4) is 0 Å². The van der Waals surface area contributed by atoms with Gasteiger partial charge in [0.15, 0.2) is 0 Å². The maximum atomic E-state index is 12.3. The van der Waals surface area contributed by atoms with Gasteiger partial charge >= 0.3 is 0 Å². The van der Waals surface area contributed by atoms with E-state index in [4.69, 9.17) is 5.21 Å². The molecule has 3 rings (SSSR count). The summed E-state index contributed by atoms with van der Waals surface area (Å²) in [4.78, 5) is 28.6. The van der Waals surface area contributed by atoms with Gasteiger partial charge in [0, 0.05) is 54.5 Å². The summed E-state index contributed by atoms with van der Waals surface area (Å²) in [5, 5.41) is 9.62. The van der Waals surface area contributed by atoms with Gasteiger partial charge in [0.2, 0.25) is 11.8 Å². The number of hydroxylamine groups is 1. The average Bonchev–Trinajstić information content (AvgIpc) is 2.96. The summed E-state index contributed by atoms with van der Waals surface area (Å²) in [5.74, 6) is -0.274. The molecule has 1 aliphatic rings. The van der Waals surface area contributed by atoms with Crippen molar-refractivity contribution in [2.24, 2.45) is 0 Å². The van der Waals surface area contributed by atoms with Crippen molar-refractivity contribution in [2.75, 3.05) is 6.54 Å². The summed E-state index contributed by atoms with van der Waals surface area (Å²) in [6.45, 7) is 1.38. The van der Waals surface area contributed by atoms with Crippen LogP contribution >= 0.6 is 0 Å². The standard InChI is InChI=1S/C17H21N3O3/c21-16(19-23)7-3-4-8-17(22)20-10-9-15-13(11-20)12-5-1-2-6-14(12)18-15/h1-2,5-6,18,23H,3-4,7-11H2,(H,19,21). The Morgan fingerprint density at radius 3 is 2.83 bits per heavy atom. The lowest BCUT2D eigenvalue weighted by Crippen LogP contribution is -2.35. The highest BCUT2D eigenvalue weighted by Gasteiger charge is 2.23. The number of aromatic amines is 1. The van der Waals surface area contributed by atoms with Crippen LogP contribution < -0.4 is 5.48 Å². The van der Waals surface area contributed by atoms with Gasteiger partial charge in [-0.05, 0) is 18.9 Å². The fourth-order valence-electron chi connectivity index (χ4n) is 3.16. The number of para-hydroxylation sites is 1. The van der Waals surface area contributed by atoms with E-state index in [0.29, 0.717) is 25.8 Å². The highest BCUT2D eigenvalue weighted by atomic mass is 16.5. The van der Waals surface area contributed by atoms with Gasteiger partial charge in [-0.2, -0.15) is 0 Å². The van der Waals surface area contributed by atoms with Crippen molar-refractivity contribution < 1.29 is 14.8 Å². The number of unbranched alkanes of at least 4 members (excludes halogenated alkanes) is 1. The molecular weight excluding hydrogens is 294 g/mol. The minimum Gasteiger partial charge on any atom is -0.358 e. The number of carbonyl (C=O) groups excluding carboxylic acids is 2. The van der Waals surface area contributed by atoms with Crippen LogP contribution in [0.5, 0.6) is 0 Å². The van der Waals surface area contributed by atoms with Crippen LogP contribution in [0.1, 0.15) is 36.9 Å². The van der Waals surface area contributed by atoms with Crippen LogP contribution in [-0.2, 0) is 22.6 Å². The van der Waals surface area contributed by atoms with Gasteiger partial charge in [0.25, 0.3) is 0 Å². The van der Waals surface area contributed by atoms with Crippen LogP contribution in [0.15, 0.2) is 24.3 Å². The Hall–Kier alpha value is -2.34. The van der Waals surface area contributed by atoms with Crippen molar-refractivity contribution in [3.05, 3.63) is 35.5 Å². The Bertz CT molecular complexity index is 723. The molecule has 23 heavy (non-hydrogen) atoms. The van der Waals surface area contributed by atoms with Crippen molar-refractivity contribution in [2.45, 2.75) is 38.6 Å². The van der Waals surface area contributed by atoms with Crippen LogP contribution in [0.25, 0.3) is 10.9 Å². The molecule has 0 radical (unpaired) electrons. The summed E-state index contributed by atoms with van der Waals surface area (Å²) < 4.78 is 0. The zero-order chi connectivity index (χ0) is 16.2. The Morgan fingerprint density at radius 2 is 2.00 bits per heavy atom. The van der Waals surface area contributed by atoms with Crippen LogP contribution in [0, 0.1) is 0 Å². The molecule has 6 heteroatoms. The second-order valence-electron chi connectivity index (χ2n) is 5.94. The number of aromatic nitrogens is 1. The maximum Gasteiger partial charge on any atom is 0.243 e. The molecule has 0 spiro atoms. The van der Waals surface area contributed by atoms with E-state index in [1.807, 2.05) is 17.0 Å². The largest absolute Gasteiger partial charge is 0.358 e. The van der Waals surface area contributed by atoms with E-state index in [0.717, 1.165) is 18.5 Å². The topological polar surface area (TPSA) is 85.4 Å². The Kier molecular flexibility index (Phi) is 4.62. The molecule has 1 aliphatic heterocycles. The molecule has 0 atom stereocenters. The first-order chi connectivity index (χ1) is 11.2. The second-order valence-corrected chi connectivity index (χ2v) is 5.94. The van der Waals surface area contributed by atoms with Gasteiger partial charge in [-0.15, -0.1) is 0 Å². The number of hydrogen-bond donors (Lipinski definition) is 3. The van der Waals surface area contributed by atoms with E-state index >= 15 is 0 Å². The minimum absolute atomic E-state index is 0.130. The monoisotopic (exact) mass is 315 g/mol. The van der Waals surface area contributed by atoms with E-state index in [1.165, 1.54) is 16.6 Å². The fraction of sp³-hybridized carbons (Fsp3) is 0.412. The predicted molar refractivity (Wildman–Crippen MR) is 85.8 cm³/mol. The number of nitrogens with zero attached hydrogens (tertiary/aromatic N) is 1. The Morgan fingerprint density at radius 1 is 1.22 bits per heavy atom. The maximum absolute atomic E-state index is 12.3. The number of hydrogen-bond acceptors (Lipinski definition) is 3.